The van der Waals surface area contributed by atoms with Crippen LogP contribution in [0.5, 0.6) is 0 Å². The van der Waals surface area contributed by atoms with E-state index in [0.29, 0.717) is 16.8 Å². The van der Waals surface area contributed by atoms with Crippen LogP contribution >= 0.6 is 0 Å². The van der Waals surface area contributed by atoms with E-state index < -0.39 is 0 Å². The number of nitrogens with one attached hydrogen (secondary N) is 1. The molecule has 90 valence electrons. The van der Waals surface area contributed by atoms with Crippen LogP contribution in [-0.2, 0) is 4.79 Å². The van der Waals surface area contributed by atoms with Crippen LogP contribution < -0.4 is 5.32 Å². The third-order valence-electron chi connectivity index (χ3n) is 2.81. The van der Waals surface area contributed by atoms with Crippen molar-refractivity contribution in [3.05, 3.63) is 50.6 Å². The molecule has 1 aromatic heterocycles. The first-order valence-corrected chi connectivity index (χ1v) is 7.24. The molecule has 0 atom stereocenters. The molecule has 1 amide bonds. The van der Waals surface area contributed by atoms with Crippen molar-refractivity contribution >= 4 is 37.7 Å². The quantitative estimate of drug-likeness (QED) is 0.637. The van der Waals surface area contributed by atoms with Crippen LogP contribution in [-0.4, -0.2) is 20.4 Å². The Labute approximate surface area is 110 Å². The zero-order valence-electron chi connectivity index (χ0n) is 9.66. The zero-order valence-corrected chi connectivity index (χ0v) is 11.4. The summed E-state index contributed by atoms with van der Waals surface area (Å²) in [5.74, 6) is -0.478. The van der Waals surface area contributed by atoms with Crippen LogP contribution in [0.4, 0.5) is 10.1 Å². The molecular formula is C14H10FNOSe. The molecule has 0 saturated heterocycles. The molecule has 3 rings (SSSR count). The molecule has 1 aliphatic heterocycles. The van der Waals surface area contributed by atoms with Gasteiger partial charge in [0.2, 0.25) is 0 Å². The second-order valence-corrected chi connectivity index (χ2v) is 6.92. The molecule has 1 aliphatic rings. The van der Waals surface area contributed by atoms with Gasteiger partial charge in [0, 0.05) is 0 Å². The van der Waals surface area contributed by atoms with E-state index in [4.69, 9.17) is 0 Å². The number of fused-ring (bicyclic) bond motifs is 1. The van der Waals surface area contributed by atoms with E-state index >= 15 is 0 Å². The molecule has 0 bridgehead atoms. The van der Waals surface area contributed by atoms with Gasteiger partial charge in [0.15, 0.2) is 0 Å². The Morgan fingerprint density at radius 3 is 2.83 bits per heavy atom. The Kier molecular flexibility index (Phi) is 2.69. The van der Waals surface area contributed by atoms with Gasteiger partial charge in [-0.15, -0.1) is 0 Å². The van der Waals surface area contributed by atoms with Crippen LogP contribution in [0, 0.1) is 12.7 Å². The predicted octanol–water partition coefficient (Wildman–Crippen LogP) is 2.68. The summed E-state index contributed by atoms with van der Waals surface area (Å²) in [6.07, 6.45) is 1.87. The molecule has 0 aliphatic carbocycles. The van der Waals surface area contributed by atoms with Crippen LogP contribution in [0.15, 0.2) is 30.3 Å². The molecule has 1 aromatic carbocycles. The standard InChI is InChI=1S/C14H10FNOSe/c1-8-2-4-10(18-8)7-12-11-6-9(15)3-5-13(11)16-14(12)17/h2-7H,1H3,(H,16,17)/b12-7-. The fourth-order valence-electron chi connectivity index (χ4n) is 1.98. The fourth-order valence-corrected chi connectivity index (χ4v) is 3.70. The predicted molar refractivity (Wildman–Crippen MR) is 71.0 cm³/mol. The van der Waals surface area contributed by atoms with Crippen LogP contribution in [0.1, 0.15) is 14.4 Å². The summed E-state index contributed by atoms with van der Waals surface area (Å²) in [5, 5.41) is 2.75. The van der Waals surface area contributed by atoms with Crippen molar-refractivity contribution < 1.29 is 9.18 Å². The number of amides is 1. The zero-order chi connectivity index (χ0) is 12.7. The summed E-state index contributed by atoms with van der Waals surface area (Å²) >= 11 is 0.281. The number of hydrogen-bond acceptors (Lipinski definition) is 1. The van der Waals surface area contributed by atoms with Crippen molar-refractivity contribution in [3.63, 3.8) is 0 Å². The SMILES string of the molecule is Cc1ccc(/C=C2\C(=O)Nc3ccc(F)cc32)[se]1. The van der Waals surface area contributed by atoms with Crippen LogP contribution in [0.25, 0.3) is 11.6 Å². The number of carbonyl (C=O) groups excluding carboxylic acids is 1. The number of rotatable bonds is 1. The van der Waals surface area contributed by atoms with E-state index in [1.54, 1.807) is 6.07 Å². The number of anilines is 1. The molecule has 0 fully saturated rings. The summed E-state index contributed by atoms with van der Waals surface area (Å²) in [5.41, 5.74) is 1.89. The number of halogens is 1. The van der Waals surface area contributed by atoms with E-state index in [-0.39, 0.29) is 26.2 Å². The summed E-state index contributed by atoms with van der Waals surface area (Å²) in [6.45, 7) is 2.07. The first-order valence-electron chi connectivity index (χ1n) is 5.53. The van der Waals surface area contributed by atoms with Crippen LogP contribution in [0.3, 0.4) is 0 Å². The van der Waals surface area contributed by atoms with E-state index in [2.05, 4.69) is 18.3 Å². The van der Waals surface area contributed by atoms with Crippen molar-refractivity contribution in [2.24, 2.45) is 0 Å². The molecule has 4 heteroatoms. The minimum atomic E-state index is -0.323. The van der Waals surface area contributed by atoms with Gasteiger partial charge in [-0.25, -0.2) is 0 Å². The minimum absolute atomic E-state index is 0.156. The summed E-state index contributed by atoms with van der Waals surface area (Å²) in [7, 11) is 0. The van der Waals surface area contributed by atoms with Crippen molar-refractivity contribution in [1.29, 1.82) is 0 Å². The van der Waals surface area contributed by atoms with Crippen molar-refractivity contribution in [2.75, 3.05) is 5.32 Å². The molecule has 18 heavy (non-hydrogen) atoms. The van der Waals surface area contributed by atoms with Crippen molar-refractivity contribution in [3.8, 4) is 0 Å². The topological polar surface area (TPSA) is 29.1 Å². The van der Waals surface area contributed by atoms with E-state index in [1.807, 2.05) is 12.1 Å². The number of benzene rings is 1. The third kappa shape index (κ3) is 1.94. The van der Waals surface area contributed by atoms with Crippen LogP contribution in [0.2, 0.25) is 0 Å². The average Bonchev–Trinajstić information content (AvgIpc) is 2.86. The summed E-state index contributed by atoms with van der Waals surface area (Å²) in [4.78, 5) is 11.9. The Morgan fingerprint density at radius 1 is 1.28 bits per heavy atom. The first-order chi connectivity index (χ1) is 8.63. The van der Waals surface area contributed by atoms with Gasteiger partial charge >= 0.3 is 110 Å². The molecule has 0 saturated carbocycles. The second kappa shape index (κ2) is 4.23. The number of carbonyl (C=O) groups is 1. The molecule has 2 heterocycles. The van der Waals surface area contributed by atoms with Crippen molar-refractivity contribution in [2.45, 2.75) is 6.92 Å². The average molecular weight is 306 g/mol. The normalized spacial score (nSPS) is 15.9. The fraction of sp³-hybridized carbons (Fsp3) is 0.0714. The van der Waals surface area contributed by atoms with E-state index in [1.165, 1.54) is 16.6 Å². The van der Waals surface area contributed by atoms with Gasteiger partial charge in [-0.05, 0) is 0 Å². The van der Waals surface area contributed by atoms with E-state index in [0.717, 1.165) is 4.44 Å². The summed E-state index contributed by atoms with van der Waals surface area (Å²) < 4.78 is 15.7. The van der Waals surface area contributed by atoms with Gasteiger partial charge in [-0.3, -0.25) is 0 Å². The number of aryl methyl sites for hydroxylation is 1. The third-order valence-corrected chi connectivity index (χ3v) is 4.80. The van der Waals surface area contributed by atoms with Gasteiger partial charge in [-0.1, -0.05) is 0 Å². The molecule has 2 aromatic rings. The summed E-state index contributed by atoms with van der Waals surface area (Å²) in [6, 6.07) is 8.44. The van der Waals surface area contributed by atoms with Gasteiger partial charge in [-0.2, -0.15) is 0 Å². The molecule has 1 N–H and O–H groups in total. The Morgan fingerprint density at radius 2 is 2.11 bits per heavy atom. The monoisotopic (exact) mass is 307 g/mol. The van der Waals surface area contributed by atoms with Gasteiger partial charge in [0.05, 0.1) is 0 Å². The second-order valence-electron chi connectivity index (χ2n) is 4.15. The Hall–Kier alpha value is -1.64. The maximum absolute atomic E-state index is 13.3. The number of hydrogen-bond donors (Lipinski definition) is 1. The Bertz CT molecular complexity index is 672. The molecule has 0 radical (unpaired) electrons. The maximum atomic E-state index is 13.3. The van der Waals surface area contributed by atoms with Gasteiger partial charge < -0.3 is 0 Å². The molecular weight excluding hydrogens is 296 g/mol. The van der Waals surface area contributed by atoms with Gasteiger partial charge in [0.1, 0.15) is 0 Å². The molecule has 0 spiro atoms. The van der Waals surface area contributed by atoms with Gasteiger partial charge in [0.25, 0.3) is 0 Å². The molecule has 2 nitrogen and oxygen atoms in total. The van der Waals surface area contributed by atoms with Crippen molar-refractivity contribution in [1.82, 2.24) is 0 Å². The molecule has 0 unspecified atom stereocenters. The Balaban J connectivity index is 2.11. The van der Waals surface area contributed by atoms with E-state index in [9.17, 15) is 9.18 Å². The first kappa shape index (κ1) is 11.4.